The molecule has 3 aliphatic rings. The maximum atomic E-state index is 13.2. The minimum Gasteiger partial charge on any atom is -0.386 e. The summed E-state index contributed by atoms with van der Waals surface area (Å²) in [5.74, 6) is -0.368. The van der Waals surface area contributed by atoms with Gasteiger partial charge in [0.1, 0.15) is 36.6 Å². The molecule has 7 rings (SSSR count). The Morgan fingerprint density at radius 3 is 1.85 bits per heavy atom. The van der Waals surface area contributed by atoms with Gasteiger partial charge < -0.3 is 35.2 Å². The zero-order valence-electron chi connectivity index (χ0n) is 24.2. The Morgan fingerprint density at radius 2 is 1.35 bits per heavy atom. The van der Waals surface area contributed by atoms with Crippen LogP contribution in [0.5, 0.6) is 0 Å². The maximum absolute atomic E-state index is 13.2. The molecule has 3 fully saturated rings. The molecule has 26 heteroatoms. The predicted molar refractivity (Wildman–Crippen MR) is 156 cm³/mol. The SMILES string of the molecule is C/C=N\c1nc2c(ncn2[C@@H]2O[C@H]3COP(=O)(O)OC4[C@H](COP(=O)(O)OC3[C@@H]2O)O[C@@H](n2cnc3c(=O)[nH]c(N)nc32)[C@H]4O)c(=O)[nH]1. The van der Waals surface area contributed by atoms with E-state index in [0.717, 1.165) is 21.8 Å². The Balaban J connectivity index is 1.17. The van der Waals surface area contributed by atoms with Crippen molar-refractivity contribution in [3.05, 3.63) is 33.4 Å². The summed E-state index contributed by atoms with van der Waals surface area (Å²) >= 11 is 0. The van der Waals surface area contributed by atoms with E-state index in [1.807, 2.05) is 0 Å². The first-order valence-electron chi connectivity index (χ1n) is 13.9. The zero-order valence-corrected chi connectivity index (χ0v) is 26.0. The fourth-order valence-electron chi connectivity index (χ4n) is 5.54. The second-order valence-electron chi connectivity index (χ2n) is 10.7. The number of phosphoric acid groups is 2. The molecule has 258 valence electrons. The fourth-order valence-corrected chi connectivity index (χ4v) is 7.47. The molecule has 0 aromatic carbocycles. The number of H-pyrrole nitrogens is 2. The highest BCUT2D eigenvalue weighted by atomic mass is 31.2. The van der Waals surface area contributed by atoms with Gasteiger partial charge in [-0.15, -0.1) is 0 Å². The van der Waals surface area contributed by atoms with Crippen molar-refractivity contribution in [1.29, 1.82) is 0 Å². The number of aromatic nitrogens is 8. The third-order valence-corrected chi connectivity index (χ3v) is 9.57. The lowest BCUT2D eigenvalue weighted by Gasteiger charge is -2.27. The molecule has 24 nitrogen and oxygen atoms in total. The van der Waals surface area contributed by atoms with Crippen molar-refractivity contribution < 1.29 is 56.7 Å². The number of rotatable bonds is 3. The van der Waals surface area contributed by atoms with E-state index in [2.05, 4.69) is 34.9 Å². The Labute approximate surface area is 265 Å². The number of nitrogens with two attached hydrogens (primary N) is 1. The molecule has 3 saturated heterocycles. The topological polar surface area (TPSA) is 336 Å². The summed E-state index contributed by atoms with van der Waals surface area (Å²) in [4.78, 5) is 70.7. The van der Waals surface area contributed by atoms with Crippen LogP contribution >= 0.6 is 15.6 Å². The van der Waals surface area contributed by atoms with E-state index < -0.39 is 89.1 Å². The minimum absolute atomic E-state index is 0.0806. The summed E-state index contributed by atoms with van der Waals surface area (Å²) in [6.07, 6.45) is -9.48. The van der Waals surface area contributed by atoms with Gasteiger partial charge in [0.15, 0.2) is 34.8 Å². The first-order valence-corrected chi connectivity index (χ1v) is 16.9. The van der Waals surface area contributed by atoms with Crippen molar-refractivity contribution >= 4 is 56.1 Å². The molecular weight excluding hydrogens is 690 g/mol. The molecule has 10 atom stereocenters. The van der Waals surface area contributed by atoms with E-state index in [1.165, 1.54) is 6.21 Å². The van der Waals surface area contributed by atoms with Crippen LogP contribution in [-0.4, -0.2) is 115 Å². The van der Waals surface area contributed by atoms with Gasteiger partial charge >= 0.3 is 15.6 Å². The Kier molecular flexibility index (Phi) is 8.17. The number of aliphatic imine (C=N–C) groups is 1. The van der Waals surface area contributed by atoms with Gasteiger partial charge in [-0.05, 0) is 6.92 Å². The number of hydrogen-bond donors (Lipinski definition) is 7. The lowest BCUT2D eigenvalue weighted by Crippen LogP contribution is -2.39. The number of nitrogens with one attached hydrogen (secondary N) is 2. The number of fused-ring (bicyclic) bond motifs is 4. The minimum atomic E-state index is -5.11. The van der Waals surface area contributed by atoms with E-state index in [9.17, 15) is 38.7 Å². The van der Waals surface area contributed by atoms with Gasteiger partial charge in [-0.3, -0.25) is 46.8 Å². The summed E-state index contributed by atoms with van der Waals surface area (Å²) in [6, 6.07) is 0. The van der Waals surface area contributed by atoms with Gasteiger partial charge in [-0.2, -0.15) is 9.97 Å². The van der Waals surface area contributed by atoms with E-state index in [4.69, 9.17) is 33.3 Å². The largest absolute Gasteiger partial charge is 0.472 e. The molecule has 0 aliphatic carbocycles. The molecular formula is C22H26N10O14P2. The summed E-state index contributed by atoms with van der Waals surface area (Å²) in [7, 11) is -10.2. The number of phosphoric ester groups is 2. The van der Waals surface area contributed by atoms with Crippen molar-refractivity contribution in [3.63, 3.8) is 0 Å². The van der Waals surface area contributed by atoms with Gasteiger partial charge in [-0.25, -0.2) is 24.1 Å². The van der Waals surface area contributed by atoms with Crippen LogP contribution in [-0.2, 0) is 36.7 Å². The summed E-state index contributed by atoms with van der Waals surface area (Å²) in [5.41, 5.74) is 3.77. The summed E-state index contributed by atoms with van der Waals surface area (Å²) in [6.45, 7) is -0.148. The van der Waals surface area contributed by atoms with Crippen LogP contribution in [0.3, 0.4) is 0 Å². The highest BCUT2D eigenvalue weighted by Gasteiger charge is 2.54. The number of aliphatic hydroxyl groups is 2. The van der Waals surface area contributed by atoms with E-state index in [1.54, 1.807) is 6.92 Å². The molecule has 48 heavy (non-hydrogen) atoms. The highest BCUT2D eigenvalue weighted by Crippen LogP contribution is 2.53. The second-order valence-corrected chi connectivity index (χ2v) is 13.5. The average molecular weight is 716 g/mol. The standard InChI is InChI=1S/C22H26N10O14P2/c1-2-24-22-28-16-10(18(36)30-22)26-6-32(16)20-12(34)14-8(44-20)4-42-47(37,38)45-13-7(3-41-48(39,40)46-14)43-19(11(13)33)31-5-25-9-15(31)27-21(23)29-17(9)35/h2,5-8,11-14,19-20,33-34H,3-4H2,1H3,(H,37,38)(H,39,40)(H,28,30,36)(H3,23,27,29,35)/b24-2-/t7-,8-,11-,12-,13?,14?,19+,20+/m0/s1. The number of nitrogens with zero attached hydrogens (tertiary/aromatic N) is 7. The van der Waals surface area contributed by atoms with Crippen LogP contribution in [0.2, 0.25) is 0 Å². The first kappa shape index (κ1) is 32.8. The molecule has 0 saturated carbocycles. The maximum Gasteiger partial charge on any atom is 0.472 e. The number of hydrogen-bond acceptors (Lipinski definition) is 18. The van der Waals surface area contributed by atoms with Gasteiger partial charge in [0, 0.05) is 6.21 Å². The Morgan fingerprint density at radius 1 is 0.875 bits per heavy atom. The molecule has 7 heterocycles. The molecule has 0 radical (unpaired) electrons. The molecule has 3 aliphatic heterocycles. The zero-order chi connectivity index (χ0) is 34.1. The summed E-state index contributed by atoms with van der Waals surface area (Å²) in [5, 5.41) is 22.4. The second kappa shape index (κ2) is 12.0. The van der Waals surface area contributed by atoms with Gasteiger partial charge in [-0.1, -0.05) is 0 Å². The molecule has 0 bridgehead atoms. The van der Waals surface area contributed by atoms with Gasteiger partial charge in [0.25, 0.3) is 11.1 Å². The molecule has 0 amide bonds. The Bertz CT molecular complexity index is 2130. The smallest absolute Gasteiger partial charge is 0.386 e. The van der Waals surface area contributed by atoms with Crippen molar-refractivity contribution in [3.8, 4) is 0 Å². The molecule has 4 aromatic heterocycles. The molecule has 4 aromatic rings. The molecule has 8 N–H and O–H groups in total. The third kappa shape index (κ3) is 5.80. The van der Waals surface area contributed by atoms with Crippen LogP contribution in [0.15, 0.2) is 27.2 Å². The Hall–Kier alpha value is -3.77. The number of aliphatic hydroxyl groups excluding tert-OH is 2. The van der Waals surface area contributed by atoms with E-state index >= 15 is 0 Å². The summed E-state index contributed by atoms with van der Waals surface area (Å²) < 4.78 is 60.9. The van der Waals surface area contributed by atoms with Crippen LogP contribution < -0.4 is 16.9 Å². The van der Waals surface area contributed by atoms with E-state index in [0.29, 0.717) is 0 Å². The number of nitrogen functional groups attached to an aromatic ring is 1. The average Bonchev–Trinajstić information content (AvgIpc) is 3.76. The van der Waals surface area contributed by atoms with Crippen molar-refractivity contribution in [2.75, 3.05) is 18.9 Å². The monoisotopic (exact) mass is 716 g/mol. The van der Waals surface area contributed by atoms with Crippen molar-refractivity contribution in [2.45, 2.75) is 56.0 Å². The third-order valence-electron chi connectivity index (χ3n) is 7.60. The lowest BCUT2D eigenvalue weighted by molar-refractivity contribution is -0.0664. The van der Waals surface area contributed by atoms with Gasteiger partial charge in [0.2, 0.25) is 11.9 Å². The number of anilines is 1. The first-order chi connectivity index (χ1) is 22.7. The van der Waals surface area contributed by atoms with Crippen LogP contribution in [0.1, 0.15) is 19.4 Å². The number of imidazole rings is 2. The lowest BCUT2D eigenvalue weighted by atomic mass is 10.1. The van der Waals surface area contributed by atoms with Gasteiger partial charge in [0.05, 0.1) is 25.9 Å². The van der Waals surface area contributed by atoms with Crippen molar-refractivity contribution in [2.24, 2.45) is 4.99 Å². The molecule has 0 spiro atoms. The molecule has 4 unspecified atom stereocenters. The predicted octanol–water partition coefficient (Wildman–Crippen LogP) is -1.91. The van der Waals surface area contributed by atoms with Crippen molar-refractivity contribution in [1.82, 2.24) is 39.0 Å². The number of ether oxygens (including phenoxy) is 2. The number of aromatic amines is 2. The normalized spacial score (nSPS) is 36.3. The fraction of sp³-hybridized carbons (Fsp3) is 0.500. The highest BCUT2D eigenvalue weighted by molar-refractivity contribution is 7.47. The van der Waals surface area contributed by atoms with Crippen LogP contribution in [0.4, 0.5) is 11.9 Å². The quantitative estimate of drug-likeness (QED) is 0.0898. The van der Waals surface area contributed by atoms with Crippen LogP contribution in [0, 0.1) is 0 Å². The van der Waals surface area contributed by atoms with Crippen LogP contribution in [0.25, 0.3) is 22.3 Å². The van der Waals surface area contributed by atoms with E-state index in [-0.39, 0.29) is 34.2 Å².